The highest BCUT2D eigenvalue weighted by molar-refractivity contribution is 5.95. The van der Waals surface area contributed by atoms with Gasteiger partial charge in [0.25, 0.3) is 0 Å². The normalized spacial score (nSPS) is 20.7. The van der Waals surface area contributed by atoms with Gasteiger partial charge in [0, 0.05) is 19.2 Å². The smallest absolute Gasteiger partial charge is 0.323 e. The van der Waals surface area contributed by atoms with Crippen LogP contribution in [0, 0.1) is 5.92 Å². The van der Waals surface area contributed by atoms with E-state index in [2.05, 4.69) is 10.4 Å². The van der Waals surface area contributed by atoms with E-state index < -0.39 is 17.7 Å². The van der Waals surface area contributed by atoms with Crippen molar-refractivity contribution in [1.29, 1.82) is 0 Å². The Balaban J connectivity index is 1.73. The molecule has 1 amide bonds. The van der Waals surface area contributed by atoms with Crippen LogP contribution in [-0.2, 0) is 18.0 Å². The SMILES string of the molecule is Cn1cc(NC(=O)[C@H]2C[C@H]2c2ccccc2C(F)(F)F)cn1. The Labute approximate surface area is 124 Å². The van der Waals surface area contributed by atoms with Crippen LogP contribution in [0.5, 0.6) is 0 Å². The number of carbonyl (C=O) groups is 1. The summed E-state index contributed by atoms with van der Waals surface area (Å²) in [6, 6.07) is 5.44. The van der Waals surface area contributed by atoms with E-state index in [1.165, 1.54) is 18.3 Å². The van der Waals surface area contributed by atoms with Gasteiger partial charge in [-0.15, -0.1) is 0 Å². The number of halogens is 3. The standard InChI is InChI=1S/C15H14F3N3O/c1-21-8-9(7-19-21)20-14(22)12-6-11(12)10-4-2-3-5-13(10)15(16,17)18/h2-5,7-8,11-12H,6H2,1H3,(H,20,22)/t11-,12-/m0/s1. The predicted octanol–water partition coefficient (Wildman–Crippen LogP) is 3.18. The fourth-order valence-corrected chi connectivity index (χ4v) is 2.63. The molecule has 2 atom stereocenters. The number of rotatable bonds is 3. The molecule has 7 heteroatoms. The van der Waals surface area contributed by atoms with Crippen LogP contribution in [0.3, 0.4) is 0 Å². The van der Waals surface area contributed by atoms with Crippen molar-refractivity contribution in [2.45, 2.75) is 18.5 Å². The zero-order valence-corrected chi connectivity index (χ0v) is 11.8. The Morgan fingerprint density at radius 1 is 1.36 bits per heavy atom. The van der Waals surface area contributed by atoms with Crippen molar-refractivity contribution >= 4 is 11.6 Å². The number of anilines is 1. The van der Waals surface area contributed by atoms with E-state index in [0.29, 0.717) is 12.1 Å². The van der Waals surface area contributed by atoms with Crippen molar-refractivity contribution in [2.75, 3.05) is 5.32 Å². The maximum absolute atomic E-state index is 13.0. The molecule has 0 bridgehead atoms. The molecule has 1 aromatic carbocycles. The molecule has 0 spiro atoms. The van der Waals surface area contributed by atoms with E-state index >= 15 is 0 Å². The van der Waals surface area contributed by atoms with Crippen molar-refractivity contribution in [1.82, 2.24) is 9.78 Å². The summed E-state index contributed by atoms with van der Waals surface area (Å²) in [6.07, 6.45) is -0.833. The van der Waals surface area contributed by atoms with Gasteiger partial charge >= 0.3 is 6.18 Å². The van der Waals surface area contributed by atoms with Gasteiger partial charge in [0.05, 0.1) is 17.4 Å². The molecular formula is C15H14F3N3O. The van der Waals surface area contributed by atoms with Gasteiger partial charge in [0.2, 0.25) is 5.91 Å². The molecule has 0 unspecified atom stereocenters. The Morgan fingerprint density at radius 3 is 2.73 bits per heavy atom. The van der Waals surface area contributed by atoms with Crippen molar-refractivity contribution < 1.29 is 18.0 Å². The first kappa shape index (κ1) is 14.6. The summed E-state index contributed by atoms with van der Waals surface area (Å²) in [5.74, 6) is -1.08. The van der Waals surface area contributed by atoms with Crippen LogP contribution in [0.15, 0.2) is 36.7 Å². The lowest BCUT2D eigenvalue weighted by Crippen LogP contribution is -2.15. The summed E-state index contributed by atoms with van der Waals surface area (Å²) in [7, 11) is 1.72. The Kier molecular flexibility index (Phi) is 3.42. The van der Waals surface area contributed by atoms with Crippen molar-refractivity contribution in [3.05, 3.63) is 47.8 Å². The molecule has 4 nitrogen and oxygen atoms in total. The fourth-order valence-electron chi connectivity index (χ4n) is 2.63. The molecule has 3 rings (SSSR count). The number of hydrogen-bond donors (Lipinski definition) is 1. The molecule has 1 saturated carbocycles. The zero-order valence-electron chi connectivity index (χ0n) is 11.8. The highest BCUT2D eigenvalue weighted by Crippen LogP contribution is 2.51. The molecule has 1 aliphatic rings. The minimum Gasteiger partial charge on any atom is -0.323 e. The van der Waals surface area contributed by atoms with Gasteiger partial charge in [-0.1, -0.05) is 18.2 Å². The summed E-state index contributed by atoms with van der Waals surface area (Å²) < 4.78 is 40.5. The zero-order chi connectivity index (χ0) is 15.9. The van der Waals surface area contributed by atoms with Crippen LogP contribution in [-0.4, -0.2) is 15.7 Å². The topological polar surface area (TPSA) is 46.9 Å². The first-order valence-corrected chi connectivity index (χ1v) is 6.82. The Bertz CT molecular complexity index is 708. The lowest BCUT2D eigenvalue weighted by atomic mass is 10.0. The lowest BCUT2D eigenvalue weighted by Gasteiger charge is -2.12. The number of alkyl halides is 3. The molecular weight excluding hydrogens is 295 g/mol. The summed E-state index contributed by atoms with van der Waals surface area (Å²) >= 11 is 0. The number of amides is 1. The Hall–Kier alpha value is -2.31. The average Bonchev–Trinajstić information content (AvgIpc) is 3.15. The summed E-state index contributed by atoms with van der Waals surface area (Å²) in [5, 5.41) is 6.61. The van der Waals surface area contributed by atoms with Crippen molar-refractivity contribution in [3.8, 4) is 0 Å². The van der Waals surface area contributed by atoms with E-state index in [0.717, 1.165) is 6.07 Å². The van der Waals surface area contributed by atoms with Crippen LogP contribution in [0.1, 0.15) is 23.5 Å². The largest absolute Gasteiger partial charge is 0.416 e. The third-order valence-electron chi connectivity index (χ3n) is 3.77. The van der Waals surface area contributed by atoms with Gasteiger partial charge in [0.1, 0.15) is 0 Å². The minimum absolute atomic E-state index is 0.196. The first-order chi connectivity index (χ1) is 10.4. The highest BCUT2D eigenvalue weighted by atomic mass is 19.4. The molecule has 22 heavy (non-hydrogen) atoms. The van der Waals surface area contributed by atoms with E-state index in [1.807, 2.05) is 0 Å². The molecule has 1 heterocycles. The van der Waals surface area contributed by atoms with E-state index in [1.54, 1.807) is 24.0 Å². The van der Waals surface area contributed by atoms with Crippen LogP contribution in [0.4, 0.5) is 18.9 Å². The van der Waals surface area contributed by atoms with E-state index in [4.69, 9.17) is 0 Å². The van der Waals surface area contributed by atoms with Crippen LogP contribution in [0.25, 0.3) is 0 Å². The molecule has 1 N–H and O–H groups in total. The fraction of sp³-hybridized carbons (Fsp3) is 0.333. The van der Waals surface area contributed by atoms with Gasteiger partial charge in [-0.2, -0.15) is 18.3 Å². The highest BCUT2D eigenvalue weighted by Gasteiger charge is 2.47. The van der Waals surface area contributed by atoms with Gasteiger partial charge in [-0.3, -0.25) is 9.48 Å². The first-order valence-electron chi connectivity index (χ1n) is 6.82. The molecule has 0 saturated heterocycles. The van der Waals surface area contributed by atoms with Crippen molar-refractivity contribution in [3.63, 3.8) is 0 Å². The number of aromatic nitrogens is 2. The second-order valence-corrected chi connectivity index (χ2v) is 5.43. The third-order valence-corrected chi connectivity index (χ3v) is 3.77. The third kappa shape index (κ3) is 2.84. The second kappa shape index (κ2) is 5.15. The summed E-state index contributed by atoms with van der Waals surface area (Å²) in [4.78, 5) is 12.1. The predicted molar refractivity (Wildman–Crippen MR) is 74.1 cm³/mol. The molecule has 0 radical (unpaired) electrons. The number of benzene rings is 1. The van der Waals surface area contributed by atoms with Gasteiger partial charge < -0.3 is 5.32 Å². The molecule has 116 valence electrons. The second-order valence-electron chi connectivity index (χ2n) is 5.43. The molecule has 1 aromatic heterocycles. The van der Waals surface area contributed by atoms with Crippen molar-refractivity contribution in [2.24, 2.45) is 13.0 Å². The molecule has 1 fully saturated rings. The maximum Gasteiger partial charge on any atom is 0.416 e. The minimum atomic E-state index is -4.40. The maximum atomic E-state index is 13.0. The number of carbonyl (C=O) groups excluding carboxylic acids is 1. The number of nitrogens with zero attached hydrogens (tertiary/aromatic N) is 2. The van der Waals surface area contributed by atoms with Crippen LogP contribution in [0.2, 0.25) is 0 Å². The lowest BCUT2D eigenvalue weighted by molar-refractivity contribution is -0.138. The summed E-state index contributed by atoms with van der Waals surface area (Å²) in [5.41, 5.74) is 0.0836. The number of hydrogen-bond acceptors (Lipinski definition) is 2. The molecule has 0 aliphatic heterocycles. The van der Waals surface area contributed by atoms with E-state index in [9.17, 15) is 18.0 Å². The van der Waals surface area contributed by atoms with Gasteiger partial charge in [0.15, 0.2) is 0 Å². The van der Waals surface area contributed by atoms with Gasteiger partial charge in [-0.05, 0) is 24.0 Å². The number of nitrogens with one attached hydrogen (secondary N) is 1. The average molecular weight is 309 g/mol. The quantitative estimate of drug-likeness (QED) is 0.946. The number of aryl methyl sites for hydroxylation is 1. The van der Waals surface area contributed by atoms with Crippen LogP contribution >= 0.6 is 0 Å². The Morgan fingerprint density at radius 2 is 2.09 bits per heavy atom. The van der Waals surface area contributed by atoms with E-state index in [-0.39, 0.29) is 17.4 Å². The monoisotopic (exact) mass is 309 g/mol. The van der Waals surface area contributed by atoms with Gasteiger partial charge in [-0.25, -0.2) is 0 Å². The van der Waals surface area contributed by atoms with Crippen LogP contribution < -0.4 is 5.32 Å². The molecule has 2 aromatic rings. The molecule has 1 aliphatic carbocycles. The summed E-state index contributed by atoms with van der Waals surface area (Å²) in [6.45, 7) is 0.